The second kappa shape index (κ2) is 8.96. The Bertz CT molecular complexity index is 938. The van der Waals surface area contributed by atoms with Crippen LogP contribution in [0.5, 0.6) is 5.88 Å². The van der Waals surface area contributed by atoms with E-state index in [4.69, 9.17) is 24.2 Å². The molecular weight excluding hydrogens is 393 g/mol. The van der Waals surface area contributed by atoms with Crippen molar-refractivity contribution < 1.29 is 14.3 Å². The third kappa shape index (κ3) is 4.86. The molecule has 1 aliphatic rings. The molecule has 2 amide bonds. The lowest BCUT2D eigenvalue weighted by atomic mass is 10.1. The zero-order valence-electron chi connectivity index (χ0n) is 15.8. The van der Waals surface area contributed by atoms with E-state index in [9.17, 15) is 9.59 Å². The number of anilines is 2. The van der Waals surface area contributed by atoms with Gasteiger partial charge in [-0.3, -0.25) is 9.59 Å². The van der Waals surface area contributed by atoms with Crippen molar-refractivity contribution in [1.82, 2.24) is 14.9 Å². The lowest BCUT2D eigenvalue weighted by Gasteiger charge is -2.18. The summed E-state index contributed by atoms with van der Waals surface area (Å²) in [6, 6.07) is 6.68. The molecule has 0 unspecified atom stereocenters. The molecule has 2 heterocycles. The standard InChI is InChI=1S/C19H19BClN5O3/c1-3-14(27)22-12-6-4-11(5-7-12)18(28)26-9-8-13(10-26)23-19-24-16(20)15(21)17(25-19)29-2/h3-7,13H,1,8-10H2,2H3,(H,22,27)(H,23,24,25)/t13-/m1/s1. The molecule has 8 nitrogen and oxygen atoms in total. The van der Waals surface area contributed by atoms with E-state index < -0.39 is 0 Å². The molecule has 1 atom stereocenters. The molecule has 1 aromatic heterocycles. The molecule has 1 fully saturated rings. The Morgan fingerprint density at radius 3 is 2.72 bits per heavy atom. The van der Waals surface area contributed by atoms with Gasteiger partial charge in [-0.1, -0.05) is 18.2 Å². The molecule has 1 aliphatic heterocycles. The number of carbonyl (C=O) groups is 2. The first kappa shape index (κ1) is 20.7. The Morgan fingerprint density at radius 1 is 1.34 bits per heavy atom. The van der Waals surface area contributed by atoms with E-state index in [-0.39, 0.29) is 34.4 Å². The number of aromatic nitrogens is 2. The van der Waals surface area contributed by atoms with Gasteiger partial charge >= 0.3 is 0 Å². The summed E-state index contributed by atoms with van der Waals surface area (Å²) in [5, 5.41) is 5.97. The van der Waals surface area contributed by atoms with Crippen LogP contribution in [-0.2, 0) is 4.79 Å². The first-order valence-electron chi connectivity index (χ1n) is 8.87. The fourth-order valence-electron chi connectivity index (χ4n) is 2.96. The first-order valence-corrected chi connectivity index (χ1v) is 9.25. The fourth-order valence-corrected chi connectivity index (χ4v) is 3.12. The Balaban J connectivity index is 1.62. The van der Waals surface area contributed by atoms with Gasteiger partial charge in [0.25, 0.3) is 5.91 Å². The summed E-state index contributed by atoms with van der Waals surface area (Å²) in [5.41, 5.74) is 1.25. The average Bonchev–Trinajstić information content (AvgIpc) is 3.18. The van der Waals surface area contributed by atoms with Gasteiger partial charge in [0.1, 0.15) is 12.9 Å². The van der Waals surface area contributed by atoms with Gasteiger partial charge in [-0.2, -0.15) is 4.98 Å². The van der Waals surface area contributed by atoms with E-state index in [1.165, 1.54) is 13.2 Å². The Morgan fingerprint density at radius 2 is 2.07 bits per heavy atom. The summed E-state index contributed by atoms with van der Waals surface area (Å²) < 4.78 is 5.09. The summed E-state index contributed by atoms with van der Waals surface area (Å²) in [5.74, 6) is 0.0887. The second-order valence-electron chi connectivity index (χ2n) is 6.41. The van der Waals surface area contributed by atoms with Crippen molar-refractivity contribution in [3.05, 3.63) is 47.5 Å². The van der Waals surface area contributed by atoms with Gasteiger partial charge in [-0.05, 0) is 36.8 Å². The number of likely N-dealkylation sites (tertiary alicyclic amines) is 1. The number of ether oxygens (including phenoxy) is 1. The highest BCUT2D eigenvalue weighted by Gasteiger charge is 2.27. The maximum Gasteiger partial charge on any atom is 0.253 e. The molecule has 0 bridgehead atoms. The van der Waals surface area contributed by atoms with Crippen molar-refractivity contribution in [3.63, 3.8) is 0 Å². The van der Waals surface area contributed by atoms with Gasteiger partial charge < -0.3 is 20.3 Å². The summed E-state index contributed by atoms with van der Waals surface area (Å²) in [6.45, 7) is 4.48. The molecule has 2 aromatic rings. The summed E-state index contributed by atoms with van der Waals surface area (Å²) in [7, 11) is 7.22. The van der Waals surface area contributed by atoms with Crippen LogP contribution in [0.2, 0.25) is 5.02 Å². The minimum Gasteiger partial charge on any atom is -0.480 e. The number of rotatable bonds is 6. The highest BCUT2D eigenvalue weighted by atomic mass is 35.5. The molecule has 0 aliphatic carbocycles. The summed E-state index contributed by atoms with van der Waals surface area (Å²) in [4.78, 5) is 34.1. The minimum absolute atomic E-state index is 0.0321. The van der Waals surface area contributed by atoms with Crippen molar-refractivity contribution in [3.8, 4) is 5.88 Å². The number of halogens is 1. The molecule has 2 radical (unpaired) electrons. The summed E-state index contributed by atoms with van der Waals surface area (Å²) in [6.07, 6.45) is 1.91. The predicted molar refractivity (Wildman–Crippen MR) is 112 cm³/mol. The van der Waals surface area contributed by atoms with Gasteiger partial charge in [0.15, 0.2) is 0 Å². The van der Waals surface area contributed by atoms with Crippen LogP contribution in [0, 0.1) is 0 Å². The Kier molecular flexibility index (Phi) is 6.38. The third-order valence-electron chi connectivity index (χ3n) is 4.43. The van der Waals surface area contributed by atoms with E-state index >= 15 is 0 Å². The monoisotopic (exact) mass is 411 g/mol. The fraction of sp³-hybridized carbons (Fsp3) is 0.263. The topological polar surface area (TPSA) is 96.5 Å². The zero-order chi connectivity index (χ0) is 21.0. The van der Waals surface area contributed by atoms with E-state index in [1.54, 1.807) is 29.2 Å². The quantitative estimate of drug-likeness (QED) is 0.551. The smallest absolute Gasteiger partial charge is 0.253 e. The van der Waals surface area contributed by atoms with Crippen LogP contribution in [-0.4, -0.2) is 60.8 Å². The highest BCUT2D eigenvalue weighted by molar-refractivity contribution is 6.44. The van der Waals surface area contributed by atoms with Crippen molar-refractivity contribution in [2.24, 2.45) is 0 Å². The van der Waals surface area contributed by atoms with Crippen LogP contribution in [0.15, 0.2) is 36.9 Å². The molecule has 1 saturated heterocycles. The maximum absolute atomic E-state index is 12.7. The van der Waals surface area contributed by atoms with Crippen LogP contribution in [0.25, 0.3) is 0 Å². The number of nitrogens with one attached hydrogen (secondary N) is 2. The van der Waals surface area contributed by atoms with Crippen LogP contribution in [0.3, 0.4) is 0 Å². The molecule has 1 aromatic carbocycles. The van der Waals surface area contributed by atoms with E-state index in [1.807, 2.05) is 0 Å². The zero-order valence-corrected chi connectivity index (χ0v) is 16.6. The lowest BCUT2D eigenvalue weighted by Crippen LogP contribution is -2.32. The van der Waals surface area contributed by atoms with Crippen molar-refractivity contribution in [2.75, 3.05) is 30.8 Å². The van der Waals surface area contributed by atoms with Gasteiger partial charge in [0.2, 0.25) is 17.7 Å². The number of hydrogen-bond acceptors (Lipinski definition) is 6. The van der Waals surface area contributed by atoms with Crippen molar-refractivity contribution in [1.29, 1.82) is 0 Å². The molecule has 3 rings (SSSR count). The van der Waals surface area contributed by atoms with Gasteiger partial charge in [-0.25, -0.2) is 4.98 Å². The molecule has 148 valence electrons. The largest absolute Gasteiger partial charge is 0.480 e. The lowest BCUT2D eigenvalue weighted by molar-refractivity contribution is -0.111. The first-order chi connectivity index (χ1) is 13.9. The minimum atomic E-state index is -0.306. The maximum atomic E-state index is 12.7. The van der Waals surface area contributed by atoms with Crippen LogP contribution >= 0.6 is 11.6 Å². The highest BCUT2D eigenvalue weighted by Crippen LogP contribution is 2.21. The number of methoxy groups -OCH3 is 1. The summed E-state index contributed by atoms with van der Waals surface area (Å²) >= 11 is 5.98. The normalized spacial score (nSPS) is 15.7. The van der Waals surface area contributed by atoms with Gasteiger partial charge in [0.05, 0.1) is 7.11 Å². The number of amides is 2. The molecule has 10 heteroatoms. The number of benzene rings is 1. The molecule has 0 spiro atoms. The molecule has 2 N–H and O–H groups in total. The van der Waals surface area contributed by atoms with E-state index in [2.05, 4.69) is 27.2 Å². The van der Waals surface area contributed by atoms with Crippen LogP contribution in [0.4, 0.5) is 11.6 Å². The van der Waals surface area contributed by atoms with Gasteiger partial charge in [0, 0.05) is 36.0 Å². The number of carbonyl (C=O) groups excluding carboxylic acids is 2. The van der Waals surface area contributed by atoms with E-state index in [0.29, 0.717) is 30.3 Å². The number of nitrogens with zero attached hydrogens (tertiary/aromatic N) is 3. The Labute approximate surface area is 174 Å². The van der Waals surface area contributed by atoms with Crippen LogP contribution < -0.4 is 21.0 Å². The van der Waals surface area contributed by atoms with E-state index in [0.717, 1.165) is 6.42 Å². The number of hydrogen-bond donors (Lipinski definition) is 2. The predicted octanol–water partition coefficient (Wildman–Crippen LogP) is 1.38. The SMILES string of the molecule is [B]c1nc(N[C@@H]2CCN(C(=O)c3ccc(NC(=O)C=C)cc3)C2)nc(OC)c1Cl. The third-order valence-corrected chi connectivity index (χ3v) is 4.79. The van der Waals surface area contributed by atoms with Crippen LogP contribution in [0.1, 0.15) is 16.8 Å². The van der Waals surface area contributed by atoms with Crippen molar-refractivity contribution in [2.45, 2.75) is 12.5 Å². The molecule has 29 heavy (non-hydrogen) atoms. The average molecular weight is 412 g/mol. The second-order valence-corrected chi connectivity index (χ2v) is 6.79. The molecular formula is C19H19BClN5O3. The Hall–Kier alpha value is -3.07. The molecule has 0 saturated carbocycles. The van der Waals surface area contributed by atoms with Gasteiger partial charge in [-0.15, -0.1) is 0 Å². The van der Waals surface area contributed by atoms with Crippen molar-refractivity contribution >= 4 is 48.5 Å².